The second-order valence-corrected chi connectivity index (χ2v) is 6.72. The van der Waals surface area contributed by atoms with Gasteiger partial charge in [0.2, 0.25) is 0 Å². The summed E-state index contributed by atoms with van der Waals surface area (Å²) in [7, 11) is 0. The van der Waals surface area contributed by atoms with Gasteiger partial charge in [0, 0.05) is 18.5 Å². The summed E-state index contributed by atoms with van der Waals surface area (Å²) in [4.78, 5) is 38.7. The van der Waals surface area contributed by atoms with Crippen molar-refractivity contribution in [3.8, 4) is 5.75 Å². The first kappa shape index (κ1) is 19.2. The van der Waals surface area contributed by atoms with Crippen molar-refractivity contribution in [2.45, 2.75) is 13.5 Å². The van der Waals surface area contributed by atoms with Crippen LogP contribution in [0, 0.1) is 0 Å². The van der Waals surface area contributed by atoms with Crippen molar-refractivity contribution in [3.63, 3.8) is 0 Å². The maximum Gasteiger partial charge on any atom is 0.326 e. The topological polar surface area (TPSA) is 127 Å². The highest BCUT2D eigenvalue weighted by Gasteiger charge is 2.31. The molecule has 4 aromatic rings. The first-order chi connectivity index (χ1) is 14.5. The van der Waals surface area contributed by atoms with Crippen molar-refractivity contribution in [3.05, 3.63) is 74.7 Å². The second-order valence-electron chi connectivity index (χ2n) is 6.72. The largest absolute Gasteiger partial charge is 0.508 e. The Labute approximate surface area is 170 Å². The van der Waals surface area contributed by atoms with Gasteiger partial charge in [-0.3, -0.25) is 19.6 Å². The van der Waals surface area contributed by atoms with Crippen LogP contribution in [0.3, 0.4) is 0 Å². The molecule has 4 rings (SSSR count). The van der Waals surface area contributed by atoms with Crippen LogP contribution in [0.2, 0.25) is 0 Å². The summed E-state index contributed by atoms with van der Waals surface area (Å²) in [6, 6.07) is 11.1. The lowest BCUT2D eigenvalue weighted by Crippen LogP contribution is -2.46. The quantitative estimate of drug-likeness (QED) is 0.365. The van der Waals surface area contributed by atoms with Gasteiger partial charge in [0.25, 0.3) is 10.9 Å². The minimum absolute atomic E-state index is 0.0195. The molecule has 0 spiro atoms. The molecule has 4 N–H and O–H groups in total. The number of aromatic amines is 1. The number of rotatable bonds is 6. The predicted octanol–water partition coefficient (Wildman–Crippen LogP) is 2.34. The number of urea groups is 1. The fourth-order valence-corrected chi connectivity index (χ4v) is 3.26. The summed E-state index contributed by atoms with van der Waals surface area (Å²) >= 11 is 0. The highest BCUT2D eigenvalue weighted by atomic mass is 16.3. The van der Waals surface area contributed by atoms with Gasteiger partial charge in [0.05, 0.1) is 17.4 Å². The van der Waals surface area contributed by atoms with Crippen LogP contribution in [0.1, 0.15) is 12.5 Å². The second kappa shape index (κ2) is 7.70. The third kappa shape index (κ3) is 3.37. The first-order valence-electron chi connectivity index (χ1n) is 9.35. The van der Waals surface area contributed by atoms with Crippen molar-refractivity contribution in [1.29, 1.82) is 0 Å². The highest BCUT2D eigenvalue weighted by molar-refractivity contribution is 6.04. The van der Waals surface area contributed by atoms with Gasteiger partial charge in [-0.2, -0.15) is 5.10 Å². The monoisotopic (exact) mass is 405 g/mol. The van der Waals surface area contributed by atoms with Gasteiger partial charge >= 0.3 is 6.03 Å². The number of hydrogen-bond acceptors (Lipinski definition) is 6. The zero-order chi connectivity index (χ0) is 21.3. The summed E-state index contributed by atoms with van der Waals surface area (Å²) < 4.78 is 0. The molecule has 0 aliphatic rings. The van der Waals surface area contributed by atoms with Gasteiger partial charge < -0.3 is 15.7 Å². The number of phenolic OH excluding ortho intramolecular Hbond substituents is 1. The van der Waals surface area contributed by atoms with Crippen molar-refractivity contribution in [2.24, 2.45) is 0 Å². The van der Waals surface area contributed by atoms with Crippen molar-refractivity contribution < 1.29 is 9.90 Å². The number of phenols is 1. The molecule has 2 amide bonds. The number of carbonyl (C=O) groups excluding carboxylic acids is 1. The summed E-state index contributed by atoms with van der Waals surface area (Å²) in [5.41, 5.74) is 0.536. The van der Waals surface area contributed by atoms with E-state index in [1.165, 1.54) is 11.0 Å². The van der Waals surface area contributed by atoms with Gasteiger partial charge in [-0.25, -0.2) is 4.79 Å². The van der Waals surface area contributed by atoms with E-state index >= 15 is 0 Å². The van der Waals surface area contributed by atoms with Gasteiger partial charge in [0.1, 0.15) is 17.1 Å². The average molecular weight is 405 g/mol. The van der Waals surface area contributed by atoms with Crippen LogP contribution < -0.4 is 26.4 Å². The number of carbonyl (C=O) groups is 1. The summed E-state index contributed by atoms with van der Waals surface area (Å²) in [5.74, 6) is 0.0943. The number of anilines is 3. The van der Waals surface area contributed by atoms with E-state index in [9.17, 15) is 19.5 Å². The molecule has 0 saturated carbocycles. The molecule has 0 unspecified atom stereocenters. The van der Waals surface area contributed by atoms with Gasteiger partial charge in [-0.1, -0.05) is 12.1 Å². The number of nitrogens with zero attached hydrogens (tertiary/aromatic N) is 2. The van der Waals surface area contributed by atoms with E-state index < -0.39 is 16.9 Å². The predicted molar refractivity (Wildman–Crippen MR) is 114 cm³/mol. The highest BCUT2D eigenvalue weighted by Crippen LogP contribution is 2.31. The maximum atomic E-state index is 12.8. The molecule has 9 heteroatoms. The van der Waals surface area contributed by atoms with E-state index in [0.717, 1.165) is 16.5 Å². The molecule has 0 saturated heterocycles. The van der Waals surface area contributed by atoms with E-state index in [0.29, 0.717) is 12.2 Å². The Balaban J connectivity index is 1.72. The number of benzene rings is 2. The smallest absolute Gasteiger partial charge is 0.326 e. The molecular weight excluding hydrogens is 386 g/mol. The lowest BCUT2D eigenvalue weighted by atomic mass is 10.1. The Hall–Kier alpha value is -4.14. The number of aromatic hydroxyl groups is 1. The molecule has 0 atom stereocenters. The number of amides is 2. The molecule has 0 radical (unpaired) electrons. The Morgan fingerprint density at radius 1 is 1.17 bits per heavy atom. The van der Waals surface area contributed by atoms with Crippen LogP contribution in [0.5, 0.6) is 5.75 Å². The van der Waals surface area contributed by atoms with Crippen molar-refractivity contribution in [1.82, 2.24) is 15.5 Å². The Morgan fingerprint density at radius 3 is 2.77 bits per heavy atom. The van der Waals surface area contributed by atoms with Crippen molar-refractivity contribution in [2.75, 3.05) is 16.8 Å². The van der Waals surface area contributed by atoms with E-state index in [4.69, 9.17) is 0 Å². The van der Waals surface area contributed by atoms with Crippen LogP contribution >= 0.6 is 0 Å². The molecule has 9 nitrogen and oxygen atoms in total. The standard InChI is InChI=1S/C21H19N5O4/c1-2-22-21(30)26(14-6-7-16-13(9-14)11-24-25-16)18-17(19(28)20(18)29)23-10-12-4-3-5-15(27)8-12/h3-9,11,23,27H,2,10H2,1H3,(H,22,30)(H,24,25). The minimum atomic E-state index is -0.744. The molecule has 1 aromatic heterocycles. The zero-order valence-electron chi connectivity index (χ0n) is 16.1. The average Bonchev–Trinajstić information content (AvgIpc) is 3.21. The van der Waals surface area contributed by atoms with Crippen LogP contribution in [-0.2, 0) is 6.54 Å². The van der Waals surface area contributed by atoms with E-state index in [1.807, 2.05) is 0 Å². The van der Waals surface area contributed by atoms with Crippen LogP contribution in [0.4, 0.5) is 21.9 Å². The SMILES string of the molecule is CCNC(=O)N(c1ccc2[nH]ncc2c1)c1c(NCc2cccc(O)c2)c(=O)c1=O. The Morgan fingerprint density at radius 2 is 2.00 bits per heavy atom. The Kier molecular flexibility index (Phi) is 4.93. The molecule has 0 bridgehead atoms. The fraction of sp³-hybridized carbons (Fsp3) is 0.143. The van der Waals surface area contributed by atoms with Crippen molar-refractivity contribution >= 4 is 34.0 Å². The van der Waals surface area contributed by atoms with Crippen LogP contribution in [0.25, 0.3) is 10.9 Å². The molecule has 0 fully saturated rings. The molecule has 1 heterocycles. The number of H-pyrrole nitrogens is 1. The number of aromatic nitrogens is 2. The summed E-state index contributed by atoms with van der Waals surface area (Å²) in [5, 5.41) is 22.8. The van der Waals surface area contributed by atoms with E-state index in [-0.39, 0.29) is 23.7 Å². The van der Waals surface area contributed by atoms with Gasteiger partial charge in [-0.15, -0.1) is 0 Å². The van der Waals surface area contributed by atoms with Gasteiger partial charge in [0.15, 0.2) is 0 Å². The molecule has 0 aliphatic carbocycles. The third-order valence-electron chi connectivity index (χ3n) is 4.70. The molecule has 30 heavy (non-hydrogen) atoms. The molecule has 0 aliphatic heterocycles. The number of nitrogens with one attached hydrogen (secondary N) is 3. The van der Waals surface area contributed by atoms with Crippen LogP contribution in [0.15, 0.2) is 58.3 Å². The van der Waals surface area contributed by atoms with Gasteiger partial charge in [-0.05, 0) is 42.8 Å². The summed E-state index contributed by atoms with van der Waals surface area (Å²) in [6.07, 6.45) is 1.61. The van der Waals surface area contributed by atoms with E-state index in [2.05, 4.69) is 20.8 Å². The lowest BCUT2D eigenvalue weighted by Gasteiger charge is -2.26. The molecule has 152 valence electrons. The Bertz CT molecular complexity index is 1300. The fourth-order valence-electron chi connectivity index (χ4n) is 3.26. The lowest BCUT2D eigenvalue weighted by molar-refractivity contribution is 0.249. The van der Waals surface area contributed by atoms with Crippen LogP contribution in [-0.4, -0.2) is 27.9 Å². The normalized spacial score (nSPS) is 11.0. The molecular formula is C21H19N5O4. The third-order valence-corrected chi connectivity index (χ3v) is 4.70. The number of fused-ring (bicyclic) bond motifs is 1. The maximum absolute atomic E-state index is 12.8. The first-order valence-corrected chi connectivity index (χ1v) is 9.35. The number of hydrogen-bond donors (Lipinski definition) is 4. The minimum Gasteiger partial charge on any atom is -0.508 e. The van der Waals surface area contributed by atoms with E-state index in [1.54, 1.807) is 49.5 Å². The summed E-state index contributed by atoms with van der Waals surface area (Å²) in [6.45, 7) is 2.32. The zero-order valence-corrected chi connectivity index (χ0v) is 16.1. The molecule has 3 aromatic carbocycles.